The summed E-state index contributed by atoms with van der Waals surface area (Å²) < 4.78 is 4.50. The molecule has 90 valence electrons. The van der Waals surface area contributed by atoms with Crippen molar-refractivity contribution < 1.29 is 14.3 Å². The molecule has 0 aliphatic rings. The van der Waals surface area contributed by atoms with Gasteiger partial charge in [0.1, 0.15) is 0 Å². The van der Waals surface area contributed by atoms with E-state index >= 15 is 0 Å². The molecule has 0 fully saturated rings. The topological polar surface area (TPSA) is 81.4 Å². The third-order valence-electron chi connectivity index (χ3n) is 2.13. The third kappa shape index (κ3) is 4.08. The van der Waals surface area contributed by atoms with Gasteiger partial charge in [-0.3, -0.25) is 15.0 Å². The second kappa shape index (κ2) is 6.44. The summed E-state index contributed by atoms with van der Waals surface area (Å²) in [7, 11) is 1.34. The Balaban J connectivity index is 2.62. The van der Waals surface area contributed by atoms with Crippen LogP contribution < -0.4 is 11.3 Å². The van der Waals surface area contributed by atoms with Crippen LogP contribution in [0.5, 0.6) is 0 Å². The van der Waals surface area contributed by atoms with E-state index in [-0.39, 0.29) is 18.3 Å². The van der Waals surface area contributed by atoms with Crippen molar-refractivity contribution in [1.82, 2.24) is 5.43 Å². The fourth-order valence-electron chi connectivity index (χ4n) is 1.20. The molecule has 0 saturated carbocycles. The highest BCUT2D eigenvalue weighted by Crippen LogP contribution is 2.06. The molecular weight excluding hydrogens is 220 g/mol. The minimum absolute atomic E-state index is 0.224. The van der Waals surface area contributed by atoms with E-state index in [1.54, 1.807) is 36.4 Å². The van der Waals surface area contributed by atoms with Gasteiger partial charge in [-0.05, 0) is 17.7 Å². The van der Waals surface area contributed by atoms with Crippen LogP contribution in [-0.2, 0) is 9.53 Å². The van der Waals surface area contributed by atoms with E-state index in [2.05, 4.69) is 4.74 Å². The van der Waals surface area contributed by atoms with E-state index in [0.29, 0.717) is 5.56 Å². The molecule has 3 N–H and O–H groups in total. The summed E-state index contributed by atoms with van der Waals surface area (Å²) in [6, 6.07) is 6.83. The Morgan fingerprint density at radius 2 is 2.00 bits per heavy atom. The number of esters is 1. The Hall–Kier alpha value is -2.14. The highest BCUT2D eigenvalue weighted by Gasteiger charge is 2.01. The zero-order chi connectivity index (χ0) is 12.7. The first-order chi connectivity index (χ1) is 8.17. The van der Waals surface area contributed by atoms with Crippen molar-refractivity contribution in [2.75, 3.05) is 7.11 Å². The maximum Gasteiger partial charge on any atom is 0.309 e. The quantitative estimate of drug-likeness (QED) is 0.350. The smallest absolute Gasteiger partial charge is 0.309 e. The van der Waals surface area contributed by atoms with Gasteiger partial charge in [0, 0.05) is 5.56 Å². The Labute approximate surface area is 99.2 Å². The molecule has 17 heavy (non-hydrogen) atoms. The molecule has 0 aromatic heterocycles. The minimum Gasteiger partial charge on any atom is -0.469 e. The second-order valence-electron chi connectivity index (χ2n) is 3.28. The number of ether oxygens (including phenoxy) is 1. The summed E-state index contributed by atoms with van der Waals surface area (Å²) >= 11 is 0. The van der Waals surface area contributed by atoms with Gasteiger partial charge < -0.3 is 4.74 Å². The summed E-state index contributed by atoms with van der Waals surface area (Å²) in [5, 5.41) is 0. The lowest BCUT2D eigenvalue weighted by atomic mass is 10.1. The van der Waals surface area contributed by atoms with E-state index in [0.717, 1.165) is 5.56 Å². The van der Waals surface area contributed by atoms with Gasteiger partial charge in [0.25, 0.3) is 5.91 Å². The highest BCUT2D eigenvalue weighted by atomic mass is 16.5. The second-order valence-corrected chi connectivity index (χ2v) is 3.28. The molecular formula is C12H14N2O3. The number of carbonyl (C=O) groups is 2. The normalized spacial score (nSPS) is 10.2. The van der Waals surface area contributed by atoms with Gasteiger partial charge in [-0.15, -0.1) is 0 Å². The highest BCUT2D eigenvalue weighted by molar-refractivity contribution is 5.93. The van der Waals surface area contributed by atoms with Crippen LogP contribution in [0, 0.1) is 0 Å². The number of hydrazine groups is 1. The molecule has 1 rings (SSSR count). The number of nitrogen functional groups attached to an aromatic ring is 1. The van der Waals surface area contributed by atoms with E-state index < -0.39 is 0 Å². The van der Waals surface area contributed by atoms with Crippen molar-refractivity contribution in [1.29, 1.82) is 0 Å². The van der Waals surface area contributed by atoms with Gasteiger partial charge in [-0.1, -0.05) is 24.3 Å². The lowest BCUT2D eigenvalue weighted by Crippen LogP contribution is -2.29. The van der Waals surface area contributed by atoms with Crippen molar-refractivity contribution in [2.45, 2.75) is 6.42 Å². The van der Waals surface area contributed by atoms with Crippen LogP contribution in [0.2, 0.25) is 0 Å². The molecule has 0 unspecified atom stereocenters. The van der Waals surface area contributed by atoms with Crippen LogP contribution >= 0.6 is 0 Å². The predicted octanol–water partition coefficient (Wildman–Crippen LogP) is 0.866. The van der Waals surface area contributed by atoms with Crippen molar-refractivity contribution in [3.63, 3.8) is 0 Å². The Kier molecular flexibility index (Phi) is 4.90. The van der Waals surface area contributed by atoms with E-state index in [9.17, 15) is 9.59 Å². The fourth-order valence-corrected chi connectivity index (χ4v) is 1.20. The fraction of sp³-hybridized carbons (Fsp3) is 0.167. The van der Waals surface area contributed by atoms with E-state index in [4.69, 9.17) is 5.84 Å². The van der Waals surface area contributed by atoms with E-state index in [1.807, 2.05) is 5.43 Å². The first-order valence-electron chi connectivity index (χ1n) is 5.01. The summed E-state index contributed by atoms with van der Waals surface area (Å²) in [5.41, 5.74) is 3.42. The summed E-state index contributed by atoms with van der Waals surface area (Å²) in [6.45, 7) is 0. The maximum atomic E-state index is 11.2. The molecule has 1 aromatic carbocycles. The zero-order valence-electron chi connectivity index (χ0n) is 9.47. The predicted molar refractivity (Wildman–Crippen MR) is 63.8 cm³/mol. The average Bonchev–Trinajstić information content (AvgIpc) is 2.38. The van der Waals surface area contributed by atoms with Gasteiger partial charge in [0.05, 0.1) is 13.5 Å². The van der Waals surface area contributed by atoms with Crippen LogP contribution in [0.25, 0.3) is 6.08 Å². The number of rotatable bonds is 4. The molecule has 0 saturated heterocycles. The number of carbonyl (C=O) groups excluding carboxylic acids is 2. The number of nitrogens with two attached hydrogens (primary N) is 1. The van der Waals surface area contributed by atoms with Crippen LogP contribution in [0.3, 0.4) is 0 Å². The Morgan fingerprint density at radius 3 is 2.53 bits per heavy atom. The van der Waals surface area contributed by atoms with Gasteiger partial charge in [-0.25, -0.2) is 5.84 Å². The van der Waals surface area contributed by atoms with Gasteiger partial charge in [0.15, 0.2) is 0 Å². The first-order valence-corrected chi connectivity index (χ1v) is 5.01. The largest absolute Gasteiger partial charge is 0.469 e. The number of nitrogens with one attached hydrogen (secondary N) is 1. The van der Waals surface area contributed by atoms with Gasteiger partial charge >= 0.3 is 5.97 Å². The summed E-state index contributed by atoms with van der Waals surface area (Å²) in [6.07, 6.45) is 3.70. The Morgan fingerprint density at radius 1 is 1.35 bits per heavy atom. The minimum atomic E-state index is -0.338. The molecule has 0 aliphatic carbocycles. The number of methoxy groups -OCH3 is 1. The van der Waals surface area contributed by atoms with Crippen LogP contribution in [-0.4, -0.2) is 19.0 Å². The molecule has 5 heteroatoms. The molecule has 0 aliphatic heterocycles. The molecule has 0 atom stereocenters. The van der Waals surface area contributed by atoms with Crippen molar-refractivity contribution in [3.8, 4) is 0 Å². The number of benzene rings is 1. The third-order valence-corrected chi connectivity index (χ3v) is 2.13. The number of hydrogen-bond donors (Lipinski definition) is 2. The SMILES string of the molecule is COC(=O)CC=Cc1ccc(C(=O)NN)cc1. The summed E-state index contributed by atoms with van der Waals surface area (Å²) in [4.78, 5) is 22.0. The number of amides is 1. The van der Waals surface area contributed by atoms with E-state index in [1.165, 1.54) is 7.11 Å². The van der Waals surface area contributed by atoms with Gasteiger partial charge in [0.2, 0.25) is 0 Å². The molecule has 1 aromatic rings. The number of hydrogen-bond acceptors (Lipinski definition) is 4. The molecule has 0 heterocycles. The van der Waals surface area contributed by atoms with Gasteiger partial charge in [-0.2, -0.15) is 0 Å². The molecule has 0 radical (unpaired) electrons. The monoisotopic (exact) mass is 234 g/mol. The van der Waals surface area contributed by atoms with Crippen LogP contribution in [0.4, 0.5) is 0 Å². The molecule has 5 nitrogen and oxygen atoms in total. The molecule has 1 amide bonds. The first kappa shape index (κ1) is 12.9. The van der Waals surface area contributed by atoms with Crippen molar-refractivity contribution >= 4 is 18.0 Å². The zero-order valence-corrected chi connectivity index (χ0v) is 9.47. The molecule has 0 bridgehead atoms. The lowest BCUT2D eigenvalue weighted by molar-refractivity contribution is -0.139. The summed E-state index contributed by atoms with van der Waals surface area (Å²) in [5.74, 6) is 4.38. The lowest BCUT2D eigenvalue weighted by Gasteiger charge is -1.99. The Bertz CT molecular complexity index is 424. The van der Waals surface area contributed by atoms with Crippen molar-refractivity contribution in [3.05, 3.63) is 41.5 Å². The van der Waals surface area contributed by atoms with Crippen LogP contribution in [0.15, 0.2) is 30.3 Å². The maximum absolute atomic E-state index is 11.2. The standard InChI is InChI=1S/C12H14N2O3/c1-17-11(15)4-2-3-9-5-7-10(8-6-9)12(16)14-13/h2-3,5-8H,4,13H2,1H3,(H,14,16). The van der Waals surface area contributed by atoms with Crippen LogP contribution in [0.1, 0.15) is 22.3 Å². The molecule has 0 spiro atoms. The average molecular weight is 234 g/mol. The van der Waals surface area contributed by atoms with Crippen molar-refractivity contribution in [2.24, 2.45) is 5.84 Å².